The molecule has 1 aromatic heterocycles. The lowest BCUT2D eigenvalue weighted by Gasteiger charge is -2.09. The largest absolute Gasteiger partial charge is 0.495 e. The molecule has 0 spiro atoms. The fourth-order valence-electron chi connectivity index (χ4n) is 3.61. The number of rotatable bonds is 4. The van der Waals surface area contributed by atoms with Gasteiger partial charge in [-0.2, -0.15) is 0 Å². The Morgan fingerprint density at radius 2 is 1.72 bits per heavy atom. The summed E-state index contributed by atoms with van der Waals surface area (Å²) in [5.41, 5.74) is 4.84. The number of hydrogen-bond acceptors (Lipinski definition) is 3. The third-order valence-electron chi connectivity index (χ3n) is 5.05. The van der Waals surface area contributed by atoms with E-state index in [4.69, 9.17) is 9.73 Å². The van der Waals surface area contributed by atoms with Crippen molar-refractivity contribution in [2.75, 3.05) is 7.11 Å². The minimum Gasteiger partial charge on any atom is -0.495 e. The molecule has 29 heavy (non-hydrogen) atoms. The zero-order chi connectivity index (χ0) is 19.6. The van der Waals surface area contributed by atoms with Gasteiger partial charge in [0, 0.05) is 11.8 Å². The van der Waals surface area contributed by atoms with E-state index in [1.165, 1.54) is 10.8 Å². The van der Waals surface area contributed by atoms with Crippen LogP contribution in [0.3, 0.4) is 0 Å². The third-order valence-corrected chi connectivity index (χ3v) is 5.05. The van der Waals surface area contributed by atoms with Crippen LogP contribution in [-0.4, -0.2) is 22.9 Å². The Morgan fingerprint density at radius 3 is 2.66 bits per heavy atom. The van der Waals surface area contributed by atoms with Gasteiger partial charge in [0.25, 0.3) is 0 Å². The van der Waals surface area contributed by atoms with Gasteiger partial charge in [-0.15, -0.1) is 0 Å². The van der Waals surface area contributed by atoms with E-state index in [0.29, 0.717) is 0 Å². The van der Waals surface area contributed by atoms with Crippen LogP contribution in [0.2, 0.25) is 0 Å². The molecule has 0 unspecified atom stereocenters. The molecule has 0 aliphatic carbocycles. The molecule has 0 N–H and O–H groups in total. The van der Waals surface area contributed by atoms with E-state index in [2.05, 4.69) is 47.4 Å². The molecule has 140 valence electrons. The number of para-hydroxylation sites is 2. The highest BCUT2D eigenvalue weighted by Crippen LogP contribution is 2.28. The summed E-state index contributed by atoms with van der Waals surface area (Å²) in [4.78, 5) is 9.26. The zero-order valence-corrected chi connectivity index (χ0v) is 16.0. The Balaban J connectivity index is 1.52. The first-order valence-electron chi connectivity index (χ1n) is 9.46. The van der Waals surface area contributed by atoms with Gasteiger partial charge in [0.15, 0.2) is 0 Å². The number of fused-ring (bicyclic) bond motifs is 2. The number of ether oxygens (including phenoxy) is 1. The highest BCUT2D eigenvalue weighted by Gasteiger charge is 2.09. The van der Waals surface area contributed by atoms with Gasteiger partial charge in [-0.05, 0) is 41.1 Å². The molecule has 0 atom stereocenters. The summed E-state index contributed by atoms with van der Waals surface area (Å²) in [5.74, 6) is 0.810. The van der Waals surface area contributed by atoms with E-state index < -0.39 is 0 Å². The number of aromatic nitrogens is 2. The van der Waals surface area contributed by atoms with Crippen molar-refractivity contribution in [3.05, 3.63) is 96.8 Å². The number of nitrogens with zero attached hydrogens (tertiary/aromatic N) is 3. The maximum atomic E-state index is 5.49. The molecule has 0 saturated heterocycles. The van der Waals surface area contributed by atoms with Gasteiger partial charge in [-0.25, -0.2) is 4.98 Å². The quantitative estimate of drug-likeness (QED) is 0.364. The van der Waals surface area contributed by atoms with Gasteiger partial charge in [0.05, 0.1) is 29.5 Å². The summed E-state index contributed by atoms with van der Waals surface area (Å²) >= 11 is 0. The van der Waals surface area contributed by atoms with E-state index in [1.807, 2.05) is 59.6 Å². The SMILES string of the molecule is COc1ccccc1-n1cnc2cc(N=Cc3cccc4ccccc34)ccc21. The van der Waals surface area contributed by atoms with Crippen molar-refractivity contribution >= 4 is 33.7 Å². The first kappa shape index (κ1) is 17.2. The van der Waals surface area contributed by atoms with Crippen molar-refractivity contribution in [2.24, 2.45) is 4.99 Å². The predicted molar refractivity (Wildman–Crippen MR) is 119 cm³/mol. The van der Waals surface area contributed by atoms with Crippen molar-refractivity contribution in [2.45, 2.75) is 0 Å². The van der Waals surface area contributed by atoms with Crippen LogP contribution in [0.4, 0.5) is 5.69 Å². The Hall–Kier alpha value is -3.92. The smallest absolute Gasteiger partial charge is 0.142 e. The fourth-order valence-corrected chi connectivity index (χ4v) is 3.61. The highest BCUT2D eigenvalue weighted by molar-refractivity contribution is 6.00. The second kappa shape index (κ2) is 7.24. The number of benzene rings is 4. The molecular formula is C25H19N3O. The van der Waals surface area contributed by atoms with Gasteiger partial charge in [0.1, 0.15) is 12.1 Å². The highest BCUT2D eigenvalue weighted by atomic mass is 16.5. The second-order valence-corrected chi connectivity index (χ2v) is 6.79. The topological polar surface area (TPSA) is 39.4 Å². The van der Waals surface area contributed by atoms with Crippen molar-refractivity contribution in [1.82, 2.24) is 9.55 Å². The number of hydrogen-bond donors (Lipinski definition) is 0. The Labute approximate surface area is 168 Å². The van der Waals surface area contributed by atoms with Gasteiger partial charge in [-0.1, -0.05) is 54.6 Å². The van der Waals surface area contributed by atoms with Crippen molar-refractivity contribution in [1.29, 1.82) is 0 Å². The molecule has 1 heterocycles. The molecule has 5 rings (SSSR count). The molecule has 0 aliphatic heterocycles. The van der Waals surface area contributed by atoms with Crippen molar-refractivity contribution in [3.8, 4) is 11.4 Å². The lowest BCUT2D eigenvalue weighted by molar-refractivity contribution is 0.413. The van der Waals surface area contributed by atoms with Crippen LogP contribution in [0.25, 0.3) is 27.5 Å². The maximum absolute atomic E-state index is 5.49. The van der Waals surface area contributed by atoms with Crippen LogP contribution in [0.1, 0.15) is 5.56 Å². The van der Waals surface area contributed by atoms with Crippen molar-refractivity contribution in [3.63, 3.8) is 0 Å². The predicted octanol–water partition coefficient (Wildman–Crippen LogP) is 5.94. The summed E-state index contributed by atoms with van der Waals surface area (Å²) in [5, 5.41) is 2.41. The summed E-state index contributed by atoms with van der Waals surface area (Å²) in [6.45, 7) is 0. The molecule has 0 amide bonds. The van der Waals surface area contributed by atoms with Crippen LogP contribution in [0, 0.1) is 0 Å². The molecular weight excluding hydrogens is 358 g/mol. The Kier molecular flexibility index (Phi) is 4.30. The summed E-state index contributed by atoms with van der Waals surface area (Å²) in [6.07, 6.45) is 3.74. The first-order chi connectivity index (χ1) is 14.3. The number of methoxy groups -OCH3 is 1. The first-order valence-corrected chi connectivity index (χ1v) is 9.46. The van der Waals surface area contributed by atoms with Gasteiger partial charge < -0.3 is 4.74 Å². The molecule has 0 radical (unpaired) electrons. The summed E-state index contributed by atoms with van der Waals surface area (Å²) in [6, 6.07) is 28.6. The second-order valence-electron chi connectivity index (χ2n) is 6.79. The zero-order valence-electron chi connectivity index (χ0n) is 16.0. The molecule has 4 aromatic carbocycles. The van der Waals surface area contributed by atoms with Crippen molar-refractivity contribution < 1.29 is 4.74 Å². The molecule has 4 heteroatoms. The third kappa shape index (κ3) is 3.15. The summed E-state index contributed by atoms with van der Waals surface area (Å²) < 4.78 is 7.53. The van der Waals surface area contributed by atoms with E-state index in [1.54, 1.807) is 7.11 Å². The molecule has 5 aromatic rings. The lowest BCUT2D eigenvalue weighted by atomic mass is 10.1. The maximum Gasteiger partial charge on any atom is 0.142 e. The minimum absolute atomic E-state index is 0.810. The van der Waals surface area contributed by atoms with E-state index in [0.717, 1.165) is 33.7 Å². The van der Waals surface area contributed by atoms with E-state index in [-0.39, 0.29) is 0 Å². The monoisotopic (exact) mass is 377 g/mol. The molecule has 0 fully saturated rings. The average molecular weight is 377 g/mol. The van der Waals surface area contributed by atoms with Crippen LogP contribution >= 0.6 is 0 Å². The van der Waals surface area contributed by atoms with E-state index >= 15 is 0 Å². The normalized spacial score (nSPS) is 11.5. The molecule has 4 nitrogen and oxygen atoms in total. The molecule has 0 aliphatic rings. The molecule has 0 saturated carbocycles. The number of aliphatic imine (C=N–C) groups is 1. The lowest BCUT2D eigenvalue weighted by Crippen LogP contribution is -1.96. The van der Waals surface area contributed by atoms with Gasteiger partial charge >= 0.3 is 0 Å². The van der Waals surface area contributed by atoms with Gasteiger partial charge in [-0.3, -0.25) is 9.56 Å². The average Bonchev–Trinajstić information content (AvgIpc) is 3.20. The molecule has 0 bridgehead atoms. The van der Waals surface area contributed by atoms with Crippen LogP contribution in [0.15, 0.2) is 96.2 Å². The van der Waals surface area contributed by atoms with E-state index in [9.17, 15) is 0 Å². The standard InChI is InChI=1S/C25H19N3O/c1-29-25-12-5-4-11-24(25)28-17-27-22-15-20(13-14-23(22)28)26-16-19-9-6-8-18-7-2-3-10-21(18)19/h2-17H,1H3. The van der Waals surface area contributed by atoms with Crippen LogP contribution in [0.5, 0.6) is 5.75 Å². The fraction of sp³-hybridized carbons (Fsp3) is 0.0400. The Morgan fingerprint density at radius 1 is 0.897 bits per heavy atom. The number of imidazole rings is 1. The van der Waals surface area contributed by atoms with Crippen LogP contribution < -0.4 is 4.74 Å². The van der Waals surface area contributed by atoms with Gasteiger partial charge in [0.2, 0.25) is 0 Å². The summed E-state index contributed by atoms with van der Waals surface area (Å²) in [7, 11) is 1.68. The Bertz CT molecular complexity index is 1350. The minimum atomic E-state index is 0.810. The van der Waals surface area contributed by atoms with Crippen LogP contribution in [-0.2, 0) is 0 Å².